The molecular weight excluding hydrogens is 306 g/mol. The van der Waals surface area contributed by atoms with Gasteiger partial charge in [-0.05, 0) is 44.9 Å². The molecule has 106 valence electrons. The van der Waals surface area contributed by atoms with E-state index in [1.807, 2.05) is 38.1 Å². The molecule has 1 fully saturated rings. The highest BCUT2D eigenvalue weighted by Crippen LogP contribution is 2.30. The molecular formula is C15H22BrNO2. The van der Waals surface area contributed by atoms with E-state index in [1.54, 1.807) is 0 Å². The van der Waals surface area contributed by atoms with E-state index in [4.69, 9.17) is 0 Å². The molecule has 1 aliphatic heterocycles. The molecule has 1 heterocycles. The highest BCUT2D eigenvalue weighted by molar-refractivity contribution is 9.10. The quantitative estimate of drug-likeness (QED) is 0.893. The van der Waals surface area contributed by atoms with Crippen molar-refractivity contribution in [3.63, 3.8) is 0 Å². The Balaban J connectivity index is 2.07. The highest BCUT2D eigenvalue weighted by atomic mass is 79.9. The zero-order valence-electron chi connectivity index (χ0n) is 11.5. The van der Waals surface area contributed by atoms with Crippen molar-refractivity contribution in [2.45, 2.75) is 44.4 Å². The predicted octanol–water partition coefficient (Wildman–Crippen LogP) is 2.72. The summed E-state index contributed by atoms with van der Waals surface area (Å²) in [6.45, 7) is 5.20. The van der Waals surface area contributed by atoms with Crippen LogP contribution in [0, 0.1) is 0 Å². The van der Waals surface area contributed by atoms with Gasteiger partial charge in [-0.15, -0.1) is 0 Å². The first-order chi connectivity index (χ1) is 8.89. The van der Waals surface area contributed by atoms with Gasteiger partial charge in [-0.3, -0.25) is 4.90 Å². The first-order valence-electron chi connectivity index (χ1n) is 6.78. The van der Waals surface area contributed by atoms with E-state index < -0.39 is 11.7 Å². The van der Waals surface area contributed by atoms with Crippen molar-refractivity contribution in [2.75, 3.05) is 13.1 Å². The van der Waals surface area contributed by atoms with Crippen LogP contribution in [0.15, 0.2) is 28.7 Å². The van der Waals surface area contributed by atoms with Crippen molar-refractivity contribution in [1.29, 1.82) is 0 Å². The smallest absolute Gasteiger partial charge is 0.0927 e. The van der Waals surface area contributed by atoms with Crippen LogP contribution in [-0.4, -0.2) is 39.8 Å². The third-order valence-electron chi connectivity index (χ3n) is 3.85. The van der Waals surface area contributed by atoms with E-state index in [2.05, 4.69) is 20.8 Å². The van der Waals surface area contributed by atoms with Gasteiger partial charge in [0.25, 0.3) is 0 Å². The molecule has 1 saturated heterocycles. The number of nitrogens with zero attached hydrogens (tertiary/aromatic N) is 1. The number of likely N-dealkylation sites (tertiary alicyclic amines) is 1. The molecule has 0 aliphatic carbocycles. The molecule has 2 unspecified atom stereocenters. The summed E-state index contributed by atoms with van der Waals surface area (Å²) < 4.78 is 0.932. The summed E-state index contributed by atoms with van der Waals surface area (Å²) >= 11 is 3.47. The molecule has 2 rings (SSSR count). The first kappa shape index (κ1) is 15.0. The summed E-state index contributed by atoms with van der Waals surface area (Å²) in [6.07, 6.45) is 1.54. The van der Waals surface area contributed by atoms with Crippen LogP contribution in [0.4, 0.5) is 0 Å². The van der Waals surface area contributed by atoms with E-state index >= 15 is 0 Å². The predicted molar refractivity (Wildman–Crippen MR) is 80.0 cm³/mol. The maximum absolute atomic E-state index is 10.4. The molecule has 0 bridgehead atoms. The van der Waals surface area contributed by atoms with Crippen LogP contribution in [0.3, 0.4) is 0 Å². The van der Waals surface area contributed by atoms with Crippen LogP contribution in [0.5, 0.6) is 0 Å². The van der Waals surface area contributed by atoms with Crippen molar-refractivity contribution < 1.29 is 10.2 Å². The van der Waals surface area contributed by atoms with Crippen molar-refractivity contribution >= 4 is 15.9 Å². The summed E-state index contributed by atoms with van der Waals surface area (Å²) in [6, 6.07) is 7.88. The van der Waals surface area contributed by atoms with Crippen molar-refractivity contribution in [3.05, 3.63) is 34.3 Å². The fourth-order valence-corrected chi connectivity index (χ4v) is 3.46. The van der Waals surface area contributed by atoms with Gasteiger partial charge in [0.15, 0.2) is 0 Å². The normalized spacial score (nSPS) is 22.7. The lowest BCUT2D eigenvalue weighted by Gasteiger charge is -2.35. The van der Waals surface area contributed by atoms with E-state index in [0.717, 1.165) is 29.4 Å². The van der Waals surface area contributed by atoms with Crippen molar-refractivity contribution in [3.8, 4) is 0 Å². The molecule has 0 saturated carbocycles. The number of hydrogen-bond donors (Lipinski definition) is 2. The van der Waals surface area contributed by atoms with Crippen LogP contribution < -0.4 is 0 Å². The Morgan fingerprint density at radius 1 is 1.42 bits per heavy atom. The summed E-state index contributed by atoms with van der Waals surface area (Å²) in [5, 5.41) is 20.6. The lowest BCUT2D eigenvalue weighted by Crippen LogP contribution is -2.46. The maximum Gasteiger partial charge on any atom is 0.0927 e. The molecule has 1 aromatic rings. The van der Waals surface area contributed by atoms with Crippen LogP contribution in [0.2, 0.25) is 0 Å². The average molecular weight is 328 g/mol. The Hall–Kier alpha value is -0.420. The molecule has 3 nitrogen and oxygen atoms in total. The molecule has 19 heavy (non-hydrogen) atoms. The van der Waals surface area contributed by atoms with Crippen LogP contribution >= 0.6 is 15.9 Å². The zero-order chi connectivity index (χ0) is 14.0. The topological polar surface area (TPSA) is 43.7 Å². The van der Waals surface area contributed by atoms with E-state index in [9.17, 15) is 10.2 Å². The Morgan fingerprint density at radius 3 is 2.74 bits per heavy atom. The van der Waals surface area contributed by atoms with E-state index in [0.29, 0.717) is 6.54 Å². The lowest BCUT2D eigenvalue weighted by atomic mass is 9.96. The number of aliphatic hydroxyl groups excluding tert-OH is 1. The fourth-order valence-electron chi connectivity index (χ4n) is 2.91. The van der Waals surface area contributed by atoms with Gasteiger partial charge in [-0.1, -0.05) is 34.1 Å². The lowest BCUT2D eigenvalue weighted by molar-refractivity contribution is -0.0161. The highest BCUT2D eigenvalue weighted by Gasteiger charge is 2.36. The van der Waals surface area contributed by atoms with E-state index in [-0.39, 0.29) is 6.04 Å². The second-order valence-electron chi connectivity index (χ2n) is 5.84. The Bertz CT molecular complexity index is 430. The summed E-state index contributed by atoms with van der Waals surface area (Å²) in [7, 11) is 0. The number of aliphatic hydroxyl groups is 2. The van der Waals surface area contributed by atoms with E-state index in [1.165, 1.54) is 0 Å². The standard InChI is InChI=1S/C15H22BrNO2/c1-15(2,19)14-8-5-9-17(14)10-13(18)11-6-3-4-7-12(11)16/h3-4,6-7,13-14,18-19H,5,8-10H2,1-2H3. The third-order valence-corrected chi connectivity index (χ3v) is 4.57. The molecule has 1 aliphatic rings. The van der Waals surface area contributed by atoms with Gasteiger partial charge in [0, 0.05) is 17.1 Å². The fraction of sp³-hybridized carbons (Fsp3) is 0.600. The van der Waals surface area contributed by atoms with Gasteiger partial charge < -0.3 is 10.2 Å². The molecule has 0 amide bonds. The maximum atomic E-state index is 10.4. The Labute approximate surface area is 123 Å². The van der Waals surface area contributed by atoms with Gasteiger partial charge >= 0.3 is 0 Å². The number of benzene rings is 1. The van der Waals surface area contributed by atoms with Crippen molar-refractivity contribution in [1.82, 2.24) is 4.90 Å². The summed E-state index contributed by atoms with van der Waals surface area (Å²) in [5.74, 6) is 0. The third kappa shape index (κ3) is 3.57. The SMILES string of the molecule is CC(C)(O)C1CCCN1CC(O)c1ccccc1Br. The zero-order valence-corrected chi connectivity index (χ0v) is 13.1. The van der Waals surface area contributed by atoms with Crippen LogP contribution in [-0.2, 0) is 0 Å². The minimum absolute atomic E-state index is 0.129. The van der Waals surface area contributed by atoms with Gasteiger partial charge in [-0.2, -0.15) is 0 Å². The van der Waals surface area contributed by atoms with Crippen molar-refractivity contribution in [2.24, 2.45) is 0 Å². The van der Waals surface area contributed by atoms with Gasteiger partial charge in [0.1, 0.15) is 0 Å². The van der Waals surface area contributed by atoms with Crippen LogP contribution in [0.25, 0.3) is 0 Å². The first-order valence-corrected chi connectivity index (χ1v) is 7.58. The van der Waals surface area contributed by atoms with Gasteiger partial charge in [-0.25, -0.2) is 0 Å². The molecule has 2 atom stereocenters. The average Bonchev–Trinajstić information content (AvgIpc) is 2.77. The summed E-state index contributed by atoms with van der Waals surface area (Å²) in [5.41, 5.74) is 0.188. The van der Waals surface area contributed by atoms with Gasteiger partial charge in [0.05, 0.1) is 11.7 Å². The number of β-amino-alcohol motifs (C(OH)–C–C–N with tert-alkyl or cyclic N) is 1. The monoisotopic (exact) mass is 327 g/mol. The van der Waals surface area contributed by atoms with Crippen LogP contribution in [0.1, 0.15) is 38.4 Å². The number of halogens is 1. The number of hydrogen-bond acceptors (Lipinski definition) is 3. The molecule has 0 radical (unpaired) electrons. The molecule has 4 heteroatoms. The second-order valence-corrected chi connectivity index (χ2v) is 6.70. The minimum atomic E-state index is -0.718. The van der Waals surface area contributed by atoms with Gasteiger partial charge in [0.2, 0.25) is 0 Å². The second kappa shape index (κ2) is 5.92. The Morgan fingerprint density at radius 2 is 2.11 bits per heavy atom. The molecule has 1 aromatic carbocycles. The largest absolute Gasteiger partial charge is 0.389 e. The Kier molecular flexibility index (Phi) is 4.66. The molecule has 0 aromatic heterocycles. The number of rotatable bonds is 4. The molecule has 2 N–H and O–H groups in total. The summed E-state index contributed by atoms with van der Waals surface area (Å²) in [4.78, 5) is 2.20. The minimum Gasteiger partial charge on any atom is -0.389 e. The molecule has 0 spiro atoms.